The van der Waals surface area contributed by atoms with Gasteiger partial charge in [-0.05, 0) is 107 Å². The van der Waals surface area contributed by atoms with Gasteiger partial charge in [-0.1, -0.05) is 164 Å². The van der Waals surface area contributed by atoms with Crippen LogP contribution in [0.4, 0.5) is 0 Å². The number of hydrogen-bond donors (Lipinski definition) is 0. The Hall–Kier alpha value is -7.29. The van der Waals surface area contributed by atoms with Crippen LogP contribution in [0.5, 0.6) is 17.2 Å². The first-order chi connectivity index (χ1) is 36.9. The second-order valence-corrected chi connectivity index (χ2v) is 21.6. The number of carbonyl (C=O) groups excluding carboxylic acids is 3. The molecule has 12 heteroatoms. The molecule has 4 heterocycles. The van der Waals surface area contributed by atoms with Crippen LogP contribution in [0.1, 0.15) is 49.1 Å². The van der Waals surface area contributed by atoms with Gasteiger partial charge in [0.05, 0.1) is 20.0 Å². The van der Waals surface area contributed by atoms with E-state index in [2.05, 4.69) is 69.3 Å². The Morgan fingerprint density at radius 3 is 0.800 bits per heavy atom. The molecule has 1 saturated heterocycles. The number of ether oxygens (including phenoxy) is 3. The van der Waals surface area contributed by atoms with Gasteiger partial charge in [-0.2, -0.15) is 0 Å². The van der Waals surface area contributed by atoms with Crippen LogP contribution >= 0.6 is 34.0 Å². The van der Waals surface area contributed by atoms with E-state index in [1.165, 1.54) is 0 Å². The SMILES string of the molecule is O=C(Oc1ccccc1)C(C(Cc1ccccc1)c1cccs1)N1CN(C(C(=O)Oc2ccccc2)C(Cc2ccccc2)c2cccs2)CN(C(C(=O)Oc2ccccc2)C(Cc2ccccc2)c2cccs2)C1. The van der Waals surface area contributed by atoms with Crippen LogP contribution in [0.15, 0.2) is 235 Å². The first kappa shape index (κ1) is 51.2. The standard InChI is InChI=1S/C63H57N3O6S3/c67-61(70-49-28-13-4-14-29-49)58(52(55-34-19-37-73-55)40-46-22-7-1-8-23-46)64-43-65(59(62(68)71-50-30-15-5-16-31-50)53(56-35-20-38-74-56)41-47-24-9-2-10-25-47)45-66(44-64)60(63(69)72-51-32-17-6-18-33-51)54(57-36-21-39-75-57)42-48-26-11-3-12-27-48/h1-39,52-54,58-60H,40-45H2. The van der Waals surface area contributed by atoms with Crippen LogP contribution in [0.3, 0.4) is 0 Å². The summed E-state index contributed by atoms with van der Waals surface area (Å²) in [5.74, 6) is -1.40. The fourth-order valence-corrected chi connectivity index (χ4v) is 12.9. The molecule has 0 bridgehead atoms. The van der Waals surface area contributed by atoms with E-state index >= 15 is 14.4 Å². The van der Waals surface area contributed by atoms with E-state index in [-0.39, 0.29) is 20.0 Å². The third kappa shape index (κ3) is 13.2. The van der Waals surface area contributed by atoms with Gasteiger partial charge in [-0.3, -0.25) is 14.7 Å². The molecular weight excluding hydrogens is 991 g/mol. The second kappa shape index (κ2) is 25.3. The summed E-state index contributed by atoms with van der Waals surface area (Å²) < 4.78 is 19.4. The molecule has 1 fully saturated rings. The normalized spacial score (nSPS) is 15.7. The van der Waals surface area contributed by atoms with Gasteiger partial charge in [-0.15, -0.1) is 34.0 Å². The van der Waals surface area contributed by atoms with Gasteiger partial charge in [0.1, 0.15) is 35.4 Å². The first-order valence-electron chi connectivity index (χ1n) is 25.2. The topological polar surface area (TPSA) is 88.6 Å². The zero-order valence-corrected chi connectivity index (χ0v) is 43.7. The molecule has 0 aliphatic carbocycles. The summed E-state index contributed by atoms with van der Waals surface area (Å²) in [4.78, 5) is 56.4. The predicted molar refractivity (Wildman–Crippen MR) is 299 cm³/mol. The van der Waals surface area contributed by atoms with Crippen LogP contribution < -0.4 is 14.2 Å². The zero-order valence-electron chi connectivity index (χ0n) is 41.2. The number of carbonyl (C=O) groups is 3. The van der Waals surface area contributed by atoms with Crippen LogP contribution in [0.2, 0.25) is 0 Å². The highest BCUT2D eigenvalue weighted by molar-refractivity contribution is 7.10. The number of thiophene rings is 3. The summed E-state index contributed by atoms with van der Waals surface area (Å²) in [6.45, 7) is 0.404. The number of nitrogens with zero attached hydrogens (tertiary/aromatic N) is 3. The van der Waals surface area contributed by atoms with Crippen molar-refractivity contribution in [2.24, 2.45) is 0 Å². The molecule has 6 atom stereocenters. The Kier molecular flexibility index (Phi) is 17.3. The lowest BCUT2D eigenvalue weighted by Crippen LogP contribution is -2.68. The maximum Gasteiger partial charge on any atom is 0.329 e. The third-order valence-electron chi connectivity index (χ3n) is 13.6. The van der Waals surface area contributed by atoms with Crippen molar-refractivity contribution in [1.82, 2.24) is 14.7 Å². The molecular formula is C63H57N3O6S3. The van der Waals surface area contributed by atoms with Crippen molar-refractivity contribution in [3.8, 4) is 17.2 Å². The van der Waals surface area contributed by atoms with E-state index < -0.39 is 53.8 Å². The lowest BCUT2D eigenvalue weighted by molar-refractivity contribution is -0.163. The molecule has 0 saturated carbocycles. The molecule has 10 rings (SSSR count). The van der Waals surface area contributed by atoms with E-state index in [1.54, 1.807) is 70.4 Å². The Labute approximate surface area is 450 Å². The Balaban J connectivity index is 1.17. The van der Waals surface area contributed by atoms with E-state index in [1.807, 2.05) is 144 Å². The third-order valence-corrected chi connectivity index (χ3v) is 16.7. The van der Waals surface area contributed by atoms with Crippen molar-refractivity contribution < 1.29 is 28.6 Å². The van der Waals surface area contributed by atoms with Gasteiger partial charge in [0.2, 0.25) is 0 Å². The van der Waals surface area contributed by atoms with Gasteiger partial charge in [0, 0.05) is 32.4 Å². The minimum atomic E-state index is -0.936. The van der Waals surface area contributed by atoms with Gasteiger partial charge >= 0.3 is 17.9 Å². The fraction of sp³-hybridized carbons (Fsp3) is 0.190. The molecule has 9 nitrogen and oxygen atoms in total. The molecule has 0 amide bonds. The Bertz CT molecular complexity index is 2790. The number of rotatable bonds is 21. The molecule has 1 aliphatic rings. The molecule has 3 aromatic heterocycles. The van der Waals surface area contributed by atoms with Crippen molar-refractivity contribution in [2.45, 2.75) is 55.1 Å². The number of benzene rings is 6. The highest BCUT2D eigenvalue weighted by Gasteiger charge is 2.49. The largest absolute Gasteiger partial charge is 0.425 e. The lowest BCUT2D eigenvalue weighted by atomic mass is 9.87. The van der Waals surface area contributed by atoms with Gasteiger partial charge in [0.15, 0.2) is 0 Å². The fourth-order valence-electron chi connectivity index (χ4n) is 10.3. The number of esters is 3. The van der Waals surface area contributed by atoms with E-state index in [9.17, 15) is 0 Å². The molecule has 1 aliphatic heterocycles. The monoisotopic (exact) mass is 1050 g/mol. The highest BCUT2D eigenvalue weighted by atomic mass is 32.1. The van der Waals surface area contributed by atoms with E-state index in [4.69, 9.17) is 14.2 Å². The summed E-state index contributed by atoms with van der Waals surface area (Å²) in [5.41, 5.74) is 3.15. The second-order valence-electron chi connectivity index (χ2n) is 18.7. The summed E-state index contributed by atoms with van der Waals surface area (Å²) >= 11 is 4.78. The average molecular weight is 1050 g/mol. The van der Waals surface area contributed by atoms with Gasteiger partial charge in [-0.25, -0.2) is 14.4 Å². The first-order valence-corrected chi connectivity index (χ1v) is 27.8. The molecule has 9 aromatic rings. The van der Waals surface area contributed by atoms with Gasteiger partial charge in [0.25, 0.3) is 0 Å². The molecule has 75 heavy (non-hydrogen) atoms. The summed E-state index contributed by atoms with van der Waals surface area (Å²) in [6, 6.07) is 67.6. The van der Waals surface area contributed by atoms with Crippen LogP contribution in [0, 0.1) is 0 Å². The minimum Gasteiger partial charge on any atom is -0.425 e. The summed E-state index contributed by atoms with van der Waals surface area (Å²) in [7, 11) is 0. The molecule has 378 valence electrons. The van der Waals surface area contributed by atoms with E-state index in [0.717, 1.165) is 31.3 Å². The van der Waals surface area contributed by atoms with Crippen LogP contribution in [-0.2, 0) is 33.6 Å². The number of para-hydroxylation sites is 3. The Morgan fingerprint density at radius 1 is 0.333 bits per heavy atom. The average Bonchev–Trinajstić information content (AvgIpc) is 4.29. The zero-order chi connectivity index (χ0) is 51.2. The molecule has 0 radical (unpaired) electrons. The quantitative estimate of drug-likeness (QED) is 0.0516. The van der Waals surface area contributed by atoms with Crippen molar-refractivity contribution >= 4 is 51.9 Å². The molecule has 0 N–H and O–H groups in total. The smallest absolute Gasteiger partial charge is 0.329 e. The number of hydrogen-bond acceptors (Lipinski definition) is 12. The minimum absolute atomic E-state index is 0.135. The van der Waals surface area contributed by atoms with Crippen molar-refractivity contribution in [1.29, 1.82) is 0 Å². The molecule has 0 spiro atoms. The lowest BCUT2D eigenvalue weighted by Gasteiger charge is -2.51. The van der Waals surface area contributed by atoms with Crippen molar-refractivity contribution in [2.75, 3.05) is 20.0 Å². The highest BCUT2D eigenvalue weighted by Crippen LogP contribution is 2.40. The predicted octanol–water partition coefficient (Wildman–Crippen LogP) is 13.0. The van der Waals surface area contributed by atoms with E-state index in [0.29, 0.717) is 36.5 Å². The van der Waals surface area contributed by atoms with Gasteiger partial charge < -0.3 is 14.2 Å². The Morgan fingerprint density at radius 2 is 0.573 bits per heavy atom. The molecule has 6 unspecified atom stereocenters. The maximum absolute atomic E-state index is 15.7. The summed E-state index contributed by atoms with van der Waals surface area (Å²) in [6.07, 6.45) is 1.51. The molecule has 6 aromatic carbocycles. The maximum atomic E-state index is 15.7. The summed E-state index contributed by atoms with van der Waals surface area (Å²) in [5, 5.41) is 6.12. The van der Waals surface area contributed by atoms with Crippen LogP contribution in [0.25, 0.3) is 0 Å². The van der Waals surface area contributed by atoms with Crippen molar-refractivity contribution in [3.05, 3.63) is 266 Å². The van der Waals surface area contributed by atoms with Crippen molar-refractivity contribution in [3.63, 3.8) is 0 Å². The van der Waals surface area contributed by atoms with Crippen LogP contribution in [-0.4, -0.2) is 70.7 Å².